The second-order valence-corrected chi connectivity index (χ2v) is 7.75. The molecule has 1 N–H and O–H groups in total. The Morgan fingerprint density at radius 1 is 1.07 bits per heavy atom. The molecule has 0 radical (unpaired) electrons. The van der Waals surface area contributed by atoms with Crippen LogP contribution in [0.5, 0.6) is 11.5 Å². The van der Waals surface area contributed by atoms with Gasteiger partial charge in [-0.1, -0.05) is 12.1 Å². The van der Waals surface area contributed by atoms with Crippen LogP contribution in [-0.2, 0) is 14.3 Å². The lowest BCUT2D eigenvalue weighted by Crippen LogP contribution is -2.35. The summed E-state index contributed by atoms with van der Waals surface area (Å²) in [5, 5.41) is 2.82. The molecule has 0 bridgehead atoms. The number of rotatable bonds is 9. The van der Waals surface area contributed by atoms with Crippen molar-refractivity contribution in [3.8, 4) is 11.5 Å². The first-order valence-corrected chi connectivity index (χ1v) is 10.7. The first kappa shape index (κ1) is 22.0. The van der Waals surface area contributed by atoms with Crippen molar-refractivity contribution < 1.29 is 23.8 Å². The zero-order valence-corrected chi connectivity index (χ0v) is 18.0. The van der Waals surface area contributed by atoms with Gasteiger partial charge in [-0.2, -0.15) is 0 Å². The van der Waals surface area contributed by atoms with Gasteiger partial charge in [0.1, 0.15) is 6.61 Å². The number of ether oxygens (including phenoxy) is 3. The minimum absolute atomic E-state index is 0.0452. The number of hydrogen-bond acceptors (Lipinski definition) is 6. The summed E-state index contributed by atoms with van der Waals surface area (Å²) in [5.41, 5.74) is 1.51. The maximum absolute atomic E-state index is 12.7. The van der Waals surface area contributed by atoms with Gasteiger partial charge in [0.25, 0.3) is 0 Å². The molecule has 0 fully saturated rings. The summed E-state index contributed by atoms with van der Waals surface area (Å²) in [4.78, 5) is 28.0. The standard InChI is InChI=1S/C22H26N2O5S/c1-27-12-13-29-19-15-16(7-8-18(19)28-2)23-21(25)9-10-22(26)24-11-14-30-20-6-4-3-5-17(20)24/h3-8,15H,9-14H2,1-2H3,(H,23,25). The fourth-order valence-electron chi connectivity index (χ4n) is 3.11. The van der Waals surface area contributed by atoms with Crippen molar-refractivity contribution in [3.05, 3.63) is 42.5 Å². The van der Waals surface area contributed by atoms with Crippen molar-refractivity contribution in [3.63, 3.8) is 0 Å². The predicted molar refractivity (Wildman–Crippen MR) is 118 cm³/mol. The van der Waals surface area contributed by atoms with Crippen molar-refractivity contribution >= 4 is 35.0 Å². The molecule has 1 aliphatic heterocycles. The van der Waals surface area contributed by atoms with Gasteiger partial charge < -0.3 is 24.4 Å². The summed E-state index contributed by atoms with van der Waals surface area (Å²) in [6.45, 7) is 1.47. The quantitative estimate of drug-likeness (QED) is 0.613. The molecule has 1 aliphatic rings. The van der Waals surface area contributed by atoms with Crippen LogP contribution in [0, 0.1) is 0 Å². The largest absolute Gasteiger partial charge is 0.493 e. The molecule has 7 nitrogen and oxygen atoms in total. The third kappa shape index (κ3) is 5.67. The van der Waals surface area contributed by atoms with Gasteiger partial charge in [-0.15, -0.1) is 11.8 Å². The third-order valence-electron chi connectivity index (χ3n) is 4.59. The van der Waals surface area contributed by atoms with Crippen molar-refractivity contribution in [2.24, 2.45) is 0 Å². The minimum atomic E-state index is -0.226. The number of carbonyl (C=O) groups is 2. The Hall–Kier alpha value is -2.71. The predicted octanol–water partition coefficient (Wildman–Crippen LogP) is 3.58. The molecule has 1 heterocycles. The van der Waals surface area contributed by atoms with Crippen LogP contribution in [0.4, 0.5) is 11.4 Å². The smallest absolute Gasteiger partial charge is 0.227 e. The second-order valence-electron chi connectivity index (χ2n) is 6.62. The maximum atomic E-state index is 12.7. The molecule has 0 saturated carbocycles. The fourth-order valence-corrected chi connectivity index (χ4v) is 4.10. The summed E-state index contributed by atoms with van der Waals surface area (Å²) < 4.78 is 15.9. The second kappa shape index (κ2) is 10.9. The van der Waals surface area contributed by atoms with Crippen LogP contribution in [-0.4, -0.2) is 51.5 Å². The van der Waals surface area contributed by atoms with Crippen LogP contribution in [0.2, 0.25) is 0 Å². The number of nitrogens with one attached hydrogen (secondary N) is 1. The molecule has 0 saturated heterocycles. The van der Waals surface area contributed by atoms with Gasteiger partial charge in [-0.3, -0.25) is 9.59 Å². The van der Waals surface area contributed by atoms with Crippen LogP contribution < -0.4 is 19.7 Å². The Kier molecular flexibility index (Phi) is 7.98. The number of nitrogens with zero attached hydrogens (tertiary/aromatic N) is 1. The lowest BCUT2D eigenvalue weighted by molar-refractivity contribution is -0.122. The number of anilines is 2. The van der Waals surface area contributed by atoms with Crippen molar-refractivity contribution in [2.45, 2.75) is 17.7 Å². The highest BCUT2D eigenvalue weighted by Gasteiger charge is 2.23. The zero-order chi connectivity index (χ0) is 21.3. The number of methoxy groups -OCH3 is 2. The molecule has 0 aromatic heterocycles. The van der Waals surface area contributed by atoms with E-state index in [1.165, 1.54) is 0 Å². The maximum Gasteiger partial charge on any atom is 0.227 e. The summed E-state index contributed by atoms with van der Waals surface area (Å²) >= 11 is 1.74. The Labute approximate surface area is 180 Å². The summed E-state index contributed by atoms with van der Waals surface area (Å²) in [7, 11) is 3.15. The van der Waals surface area contributed by atoms with Crippen molar-refractivity contribution in [2.75, 3.05) is 49.9 Å². The van der Waals surface area contributed by atoms with Crippen LogP contribution in [0.1, 0.15) is 12.8 Å². The van der Waals surface area contributed by atoms with Crippen LogP contribution in [0.25, 0.3) is 0 Å². The summed E-state index contributed by atoms with van der Waals surface area (Å²) in [6.07, 6.45) is 0.259. The molecule has 8 heteroatoms. The van der Waals surface area contributed by atoms with E-state index in [-0.39, 0.29) is 24.7 Å². The highest BCUT2D eigenvalue weighted by Crippen LogP contribution is 2.34. The monoisotopic (exact) mass is 430 g/mol. The van der Waals surface area contributed by atoms with Gasteiger partial charge >= 0.3 is 0 Å². The normalized spacial score (nSPS) is 12.8. The van der Waals surface area contributed by atoms with E-state index < -0.39 is 0 Å². The summed E-state index contributed by atoms with van der Waals surface area (Å²) in [6, 6.07) is 13.0. The lowest BCUT2D eigenvalue weighted by atomic mass is 10.2. The fraction of sp³-hybridized carbons (Fsp3) is 0.364. The zero-order valence-electron chi connectivity index (χ0n) is 17.2. The van der Waals surface area contributed by atoms with Gasteiger partial charge in [0, 0.05) is 48.9 Å². The Morgan fingerprint density at radius 3 is 2.70 bits per heavy atom. The van der Waals surface area contributed by atoms with Gasteiger partial charge in [0.05, 0.1) is 19.4 Å². The Balaban J connectivity index is 1.56. The van der Waals surface area contributed by atoms with Crippen LogP contribution in [0.15, 0.2) is 47.4 Å². The Bertz CT molecular complexity index is 890. The van der Waals surface area contributed by atoms with E-state index in [2.05, 4.69) is 5.32 Å². The van der Waals surface area contributed by atoms with E-state index in [1.807, 2.05) is 24.3 Å². The van der Waals surface area contributed by atoms with E-state index in [0.717, 1.165) is 16.3 Å². The van der Waals surface area contributed by atoms with Gasteiger partial charge in [-0.25, -0.2) is 0 Å². The van der Waals surface area contributed by atoms with E-state index >= 15 is 0 Å². The topological polar surface area (TPSA) is 77.1 Å². The SMILES string of the molecule is COCCOc1cc(NC(=O)CCC(=O)N2CCSc3ccccc32)ccc1OC. The number of fused-ring (bicyclic) bond motifs is 1. The average molecular weight is 431 g/mol. The van der Waals surface area contributed by atoms with Crippen molar-refractivity contribution in [1.29, 1.82) is 0 Å². The minimum Gasteiger partial charge on any atom is -0.493 e. The Morgan fingerprint density at radius 2 is 1.90 bits per heavy atom. The number of hydrogen-bond donors (Lipinski definition) is 1. The average Bonchev–Trinajstić information content (AvgIpc) is 2.77. The van der Waals surface area contributed by atoms with Crippen LogP contribution >= 0.6 is 11.8 Å². The number of para-hydroxylation sites is 1. The first-order valence-electron chi connectivity index (χ1n) is 9.74. The molecule has 0 atom stereocenters. The van der Waals surface area contributed by atoms with Gasteiger partial charge in [0.15, 0.2) is 11.5 Å². The molecule has 160 valence electrons. The highest BCUT2D eigenvalue weighted by molar-refractivity contribution is 7.99. The van der Waals surface area contributed by atoms with E-state index in [9.17, 15) is 9.59 Å². The molecule has 30 heavy (non-hydrogen) atoms. The molecule has 0 unspecified atom stereocenters. The molecule has 0 aliphatic carbocycles. The number of thioether (sulfide) groups is 1. The molecule has 2 aromatic rings. The number of carbonyl (C=O) groups excluding carboxylic acids is 2. The van der Waals surface area contributed by atoms with E-state index in [1.54, 1.807) is 49.1 Å². The molecule has 3 rings (SSSR count). The molecular weight excluding hydrogens is 404 g/mol. The number of benzene rings is 2. The molecule has 2 amide bonds. The molecular formula is C22H26N2O5S. The van der Waals surface area contributed by atoms with E-state index in [0.29, 0.717) is 36.9 Å². The van der Waals surface area contributed by atoms with Gasteiger partial charge in [-0.05, 0) is 24.3 Å². The highest BCUT2D eigenvalue weighted by atomic mass is 32.2. The lowest BCUT2D eigenvalue weighted by Gasteiger charge is -2.29. The number of amides is 2. The van der Waals surface area contributed by atoms with Crippen LogP contribution in [0.3, 0.4) is 0 Å². The third-order valence-corrected chi connectivity index (χ3v) is 5.63. The molecule has 0 spiro atoms. The van der Waals surface area contributed by atoms with Gasteiger partial charge in [0.2, 0.25) is 11.8 Å². The molecule has 2 aromatic carbocycles. The summed E-state index contributed by atoms with van der Waals surface area (Å²) in [5.74, 6) is 1.67. The van der Waals surface area contributed by atoms with Crippen molar-refractivity contribution in [1.82, 2.24) is 0 Å². The van der Waals surface area contributed by atoms with E-state index in [4.69, 9.17) is 14.2 Å². The first-order chi connectivity index (χ1) is 14.6.